The van der Waals surface area contributed by atoms with Crippen molar-refractivity contribution in [2.45, 2.75) is 19.4 Å². The summed E-state index contributed by atoms with van der Waals surface area (Å²) >= 11 is 3.34. The zero-order valence-corrected chi connectivity index (χ0v) is 9.64. The van der Waals surface area contributed by atoms with E-state index in [4.69, 9.17) is 5.73 Å². The van der Waals surface area contributed by atoms with Gasteiger partial charge < -0.3 is 5.73 Å². The summed E-state index contributed by atoms with van der Waals surface area (Å²) in [6, 6.07) is 4.33. The molecule has 0 aliphatic carbocycles. The fraction of sp³-hybridized carbons (Fsp3) is 0.273. The quantitative estimate of drug-likeness (QED) is 0.824. The summed E-state index contributed by atoms with van der Waals surface area (Å²) in [7, 11) is 0. The van der Waals surface area contributed by atoms with Gasteiger partial charge in [0.05, 0.1) is 0 Å². The van der Waals surface area contributed by atoms with E-state index in [1.54, 1.807) is 6.07 Å². The van der Waals surface area contributed by atoms with Gasteiger partial charge in [-0.3, -0.25) is 0 Å². The Hall–Kier alpha value is -0.670. The Morgan fingerprint density at radius 2 is 2.29 bits per heavy atom. The van der Waals surface area contributed by atoms with Crippen LogP contribution in [0.25, 0.3) is 0 Å². The molecule has 1 unspecified atom stereocenters. The van der Waals surface area contributed by atoms with E-state index in [0.29, 0.717) is 6.42 Å². The molecule has 1 aromatic rings. The van der Waals surface area contributed by atoms with Crippen LogP contribution >= 0.6 is 15.9 Å². The lowest BCUT2D eigenvalue weighted by molar-refractivity contribution is 0.617. The summed E-state index contributed by atoms with van der Waals surface area (Å²) in [5.41, 5.74) is 7.69. The molecule has 0 fully saturated rings. The van der Waals surface area contributed by atoms with Crippen molar-refractivity contribution in [3.63, 3.8) is 0 Å². The van der Waals surface area contributed by atoms with Gasteiger partial charge in [-0.05, 0) is 37.1 Å². The van der Waals surface area contributed by atoms with Crippen LogP contribution in [0.2, 0.25) is 0 Å². The van der Waals surface area contributed by atoms with Gasteiger partial charge in [-0.25, -0.2) is 4.39 Å². The number of rotatable bonds is 3. The van der Waals surface area contributed by atoms with Crippen LogP contribution in [0.3, 0.4) is 0 Å². The first kappa shape index (κ1) is 11.4. The van der Waals surface area contributed by atoms with Crippen molar-refractivity contribution in [2.24, 2.45) is 5.73 Å². The predicted octanol–water partition coefficient (Wildman–Crippen LogP) is 3.55. The molecule has 1 atom stereocenters. The highest BCUT2D eigenvalue weighted by molar-refractivity contribution is 9.10. The average molecular weight is 258 g/mol. The molecule has 1 nitrogen and oxygen atoms in total. The van der Waals surface area contributed by atoms with E-state index in [1.807, 2.05) is 6.92 Å². The van der Waals surface area contributed by atoms with Gasteiger partial charge in [-0.15, -0.1) is 6.58 Å². The third-order valence-electron chi connectivity index (χ3n) is 1.93. The summed E-state index contributed by atoms with van der Waals surface area (Å²) in [6.07, 6.45) is 0.669. The minimum absolute atomic E-state index is 0.197. The predicted molar refractivity (Wildman–Crippen MR) is 60.5 cm³/mol. The van der Waals surface area contributed by atoms with Gasteiger partial charge >= 0.3 is 0 Å². The molecule has 1 rings (SSSR count). The molecule has 0 amide bonds. The second kappa shape index (κ2) is 4.71. The Kier molecular flexibility index (Phi) is 3.84. The normalized spacial score (nSPS) is 12.6. The number of hydrogen-bond donors (Lipinski definition) is 1. The van der Waals surface area contributed by atoms with Crippen LogP contribution in [0.1, 0.15) is 24.9 Å². The molecule has 1 aromatic carbocycles. The molecule has 3 heteroatoms. The lowest BCUT2D eigenvalue weighted by Crippen LogP contribution is -2.11. The van der Waals surface area contributed by atoms with Gasteiger partial charge in [0.15, 0.2) is 0 Å². The standard InChI is InChI=1S/C11H13BrFN/c1-7(2)5-11(14)9-6-8(13)3-4-10(9)12/h3-4,6,11H,1,5,14H2,2H3. The lowest BCUT2D eigenvalue weighted by atomic mass is 10.0. The summed E-state index contributed by atoms with van der Waals surface area (Å²) in [4.78, 5) is 0. The molecule has 0 aromatic heterocycles. The minimum atomic E-state index is -0.264. The van der Waals surface area contributed by atoms with Crippen molar-refractivity contribution in [3.8, 4) is 0 Å². The molecule has 0 saturated heterocycles. The second-order valence-electron chi connectivity index (χ2n) is 3.43. The summed E-state index contributed by atoms with van der Waals surface area (Å²) < 4.78 is 13.8. The largest absolute Gasteiger partial charge is 0.324 e. The lowest BCUT2D eigenvalue weighted by Gasteiger charge is -2.13. The molecule has 76 valence electrons. The highest BCUT2D eigenvalue weighted by atomic mass is 79.9. The number of nitrogens with two attached hydrogens (primary N) is 1. The molecule has 0 aliphatic heterocycles. The van der Waals surface area contributed by atoms with E-state index in [1.165, 1.54) is 12.1 Å². The zero-order valence-electron chi connectivity index (χ0n) is 8.06. The molecule has 0 radical (unpaired) electrons. The van der Waals surface area contributed by atoms with Gasteiger partial charge in [-0.2, -0.15) is 0 Å². The SMILES string of the molecule is C=C(C)CC(N)c1cc(F)ccc1Br. The molecule has 0 aliphatic rings. The molecule has 2 N–H and O–H groups in total. The summed E-state index contributed by atoms with van der Waals surface area (Å²) in [6.45, 7) is 5.69. The Labute approximate surface area is 91.9 Å². The van der Waals surface area contributed by atoms with Crippen molar-refractivity contribution >= 4 is 15.9 Å². The van der Waals surface area contributed by atoms with Crippen LogP contribution in [-0.4, -0.2) is 0 Å². The smallest absolute Gasteiger partial charge is 0.123 e. The third-order valence-corrected chi connectivity index (χ3v) is 2.65. The first-order valence-electron chi connectivity index (χ1n) is 4.35. The van der Waals surface area contributed by atoms with Crippen molar-refractivity contribution < 1.29 is 4.39 Å². The van der Waals surface area contributed by atoms with Crippen molar-refractivity contribution in [1.82, 2.24) is 0 Å². The molecule has 0 heterocycles. The van der Waals surface area contributed by atoms with Crippen LogP contribution in [0.15, 0.2) is 34.8 Å². The molecule has 0 spiro atoms. The van der Waals surface area contributed by atoms with Crippen LogP contribution in [-0.2, 0) is 0 Å². The molecule has 0 bridgehead atoms. The Balaban J connectivity index is 2.93. The van der Waals surface area contributed by atoms with Crippen LogP contribution in [0.5, 0.6) is 0 Å². The Morgan fingerprint density at radius 3 is 2.86 bits per heavy atom. The maximum Gasteiger partial charge on any atom is 0.123 e. The van der Waals surface area contributed by atoms with E-state index in [2.05, 4.69) is 22.5 Å². The molecule has 14 heavy (non-hydrogen) atoms. The van der Waals surface area contributed by atoms with Crippen molar-refractivity contribution in [2.75, 3.05) is 0 Å². The van der Waals surface area contributed by atoms with Gasteiger partial charge in [0.2, 0.25) is 0 Å². The van der Waals surface area contributed by atoms with E-state index in [-0.39, 0.29) is 11.9 Å². The monoisotopic (exact) mass is 257 g/mol. The fourth-order valence-electron chi connectivity index (χ4n) is 1.28. The van der Waals surface area contributed by atoms with Crippen molar-refractivity contribution in [1.29, 1.82) is 0 Å². The average Bonchev–Trinajstić information content (AvgIpc) is 2.08. The summed E-state index contributed by atoms with van der Waals surface area (Å²) in [5, 5.41) is 0. The molecular weight excluding hydrogens is 245 g/mol. The van der Waals surface area contributed by atoms with Gasteiger partial charge in [0.1, 0.15) is 5.82 Å². The number of hydrogen-bond acceptors (Lipinski definition) is 1. The first-order chi connectivity index (χ1) is 6.50. The van der Waals surface area contributed by atoms with Crippen molar-refractivity contribution in [3.05, 3.63) is 46.2 Å². The van der Waals surface area contributed by atoms with Crippen LogP contribution in [0, 0.1) is 5.82 Å². The van der Waals surface area contributed by atoms with Gasteiger partial charge in [0.25, 0.3) is 0 Å². The minimum Gasteiger partial charge on any atom is -0.324 e. The highest BCUT2D eigenvalue weighted by Crippen LogP contribution is 2.26. The van der Waals surface area contributed by atoms with Gasteiger partial charge in [-0.1, -0.05) is 21.5 Å². The maximum atomic E-state index is 12.9. The van der Waals surface area contributed by atoms with E-state index in [9.17, 15) is 4.39 Å². The van der Waals surface area contributed by atoms with E-state index < -0.39 is 0 Å². The maximum absolute atomic E-state index is 12.9. The molecular formula is C11H13BrFN. The second-order valence-corrected chi connectivity index (χ2v) is 4.29. The van der Waals surface area contributed by atoms with Crippen LogP contribution in [0.4, 0.5) is 4.39 Å². The Bertz CT molecular complexity index is 349. The van der Waals surface area contributed by atoms with Gasteiger partial charge in [0, 0.05) is 10.5 Å². The first-order valence-corrected chi connectivity index (χ1v) is 5.15. The van der Waals surface area contributed by atoms with E-state index >= 15 is 0 Å². The fourth-order valence-corrected chi connectivity index (χ4v) is 1.82. The third kappa shape index (κ3) is 2.93. The summed E-state index contributed by atoms with van der Waals surface area (Å²) in [5.74, 6) is -0.264. The highest BCUT2D eigenvalue weighted by Gasteiger charge is 2.10. The van der Waals surface area contributed by atoms with E-state index in [0.717, 1.165) is 15.6 Å². The number of halogens is 2. The zero-order chi connectivity index (χ0) is 10.7. The van der Waals surface area contributed by atoms with Crippen LogP contribution < -0.4 is 5.73 Å². The topological polar surface area (TPSA) is 26.0 Å². The Morgan fingerprint density at radius 1 is 1.64 bits per heavy atom. The molecule has 0 saturated carbocycles. The number of benzene rings is 1.